The summed E-state index contributed by atoms with van der Waals surface area (Å²) in [7, 11) is -1.51. The van der Waals surface area contributed by atoms with Crippen molar-refractivity contribution < 1.29 is 18.3 Å². The number of fused-ring (bicyclic) bond motifs is 3. The molecule has 0 radical (unpaired) electrons. The molecule has 9 nitrogen and oxygen atoms in total. The molecule has 2 heterocycles. The number of benzene rings is 1. The monoisotopic (exact) mass is 451 g/mol. The first-order valence-corrected chi connectivity index (χ1v) is 12.1. The number of sulfonamides is 1. The topological polar surface area (TPSA) is 132 Å². The maximum Gasteiger partial charge on any atom is 0.208 e. The zero-order valence-electron chi connectivity index (χ0n) is 18.8. The molecule has 2 aromatic heterocycles. The molecular formula is C21H33N5O4S. The first-order valence-electron chi connectivity index (χ1n) is 10.3. The van der Waals surface area contributed by atoms with E-state index in [1.54, 1.807) is 21.0 Å². The van der Waals surface area contributed by atoms with E-state index in [1.165, 1.54) is 0 Å². The Morgan fingerprint density at radius 1 is 1.29 bits per heavy atom. The lowest BCUT2D eigenvalue weighted by atomic mass is 10.1. The van der Waals surface area contributed by atoms with Crippen molar-refractivity contribution in [3.8, 4) is 0 Å². The number of imidazole rings is 1. The van der Waals surface area contributed by atoms with Gasteiger partial charge in [-0.05, 0) is 45.2 Å². The van der Waals surface area contributed by atoms with E-state index in [0.29, 0.717) is 30.9 Å². The highest BCUT2D eigenvalue weighted by atomic mass is 32.2. The average Bonchev–Trinajstić information content (AvgIpc) is 3.03. The summed E-state index contributed by atoms with van der Waals surface area (Å²) < 4.78 is 32.1. The summed E-state index contributed by atoms with van der Waals surface area (Å²) in [5, 5.41) is 9.05. The van der Waals surface area contributed by atoms with Gasteiger partial charge in [0.2, 0.25) is 10.0 Å². The maximum atomic E-state index is 11.1. The Kier molecular flexibility index (Phi) is 8.75. The highest BCUT2D eigenvalue weighted by Gasteiger charge is 2.16. The van der Waals surface area contributed by atoms with Crippen LogP contribution in [0.15, 0.2) is 18.2 Å². The Labute approximate surface area is 183 Å². The van der Waals surface area contributed by atoms with E-state index in [4.69, 9.17) is 15.6 Å². The molecule has 172 valence electrons. The number of nitrogens with two attached hydrogens (primary N) is 1. The van der Waals surface area contributed by atoms with E-state index in [-0.39, 0.29) is 6.10 Å². The molecule has 0 atom stereocenters. The van der Waals surface area contributed by atoms with Crippen LogP contribution in [0.1, 0.15) is 38.6 Å². The van der Waals surface area contributed by atoms with Crippen molar-refractivity contribution in [2.75, 3.05) is 25.6 Å². The number of hydrogen-bond acceptors (Lipinski definition) is 7. The van der Waals surface area contributed by atoms with Gasteiger partial charge in [0.1, 0.15) is 17.9 Å². The van der Waals surface area contributed by atoms with Crippen LogP contribution in [0.3, 0.4) is 0 Å². The summed E-state index contributed by atoms with van der Waals surface area (Å²) in [6.07, 6.45) is 2.46. The second-order valence-corrected chi connectivity index (χ2v) is 9.45. The second-order valence-electron chi connectivity index (χ2n) is 7.61. The number of aliphatic hydroxyl groups excluding tert-OH is 1. The summed E-state index contributed by atoms with van der Waals surface area (Å²) in [5.74, 6) is 1.23. The Morgan fingerprint density at radius 2 is 1.97 bits per heavy atom. The Hall–Kier alpha value is -2.27. The quantitative estimate of drug-likeness (QED) is 0.447. The lowest BCUT2D eigenvalue weighted by molar-refractivity contribution is 0.175. The highest BCUT2D eigenvalue weighted by Crippen LogP contribution is 2.29. The van der Waals surface area contributed by atoms with Crippen LogP contribution in [0.4, 0.5) is 5.82 Å². The number of nitrogen functional groups attached to an aromatic ring is 1. The molecule has 0 amide bonds. The molecule has 10 heteroatoms. The number of aryl methyl sites for hydroxylation is 2. The number of nitrogens with zero attached hydrogens (tertiary/aromatic N) is 3. The molecule has 0 unspecified atom stereocenters. The molecule has 4 N–H and O–H groups in total. The molecule has 0 saturated carbocycles. The van der Waals surface area contributed by atoms with Crippen molar-refractivity contribution in [1.82, 2.24) is 19.3 Å². The predicted molar refractivity (Wildman–Crippen MR) is 124 cm³/mol. The maximum absolute atomic E-state index is 11.1. The van der Waals surface area contributed by atoms with E-state index in [1.807, 2.05) is 18.2 Å². The van der Waals surface area contributed by atoms with Gasteiger partial charge < -0.3 is 20.1 Å². The number of anilines is 1. The summed E-state index contributed by atoms with van der Waals surface area (Å²) in [4.78, 5) is 9.14. The van der Waals surface area contributed by atoms with Crippen LogP contribution < -0.4 is 10.5 Å². The molecule has 0 fully saturated rings. The first kappa shape index (κ1) is 25.0. The van der Waals surface area contributed by atoms with Gasteiger partial charge >= 0.3 is 0 Å². The second kappa shape index (κ2) is 10.9. The van der Waals surface area contributed by atoms with Gasteiger partial charge in [0.15, 0.2) is 5.82 Å². The zero-order valence-corrected chi connectivity index (χ0v) is 19.7. The van der Waals surface area contributed by atoms with Crippen LogP contribution >= 0.6 is 0 Å². The van der Waals surface area contributed by atoms with Crippen molar-refractivity contribution in [1.29, 1.82) is 0 Å². The van der Waals surface area contributed by atoms with Gasteiger partial charge in [-0.25, -0.2) is 23.1 Å². The largest absolute Gasteiger partial charge is 0.394 e. The van der Waals surface area contributed by atoms with Crippen LogP contribution in [0.25, 0.3) is 21.9 Å². The number of aliphatic hydroxyl groups is 1. The van der Waals surface area contributed by atoms with Gasteiger partial charge in [-0.1, -0.05) is 12.1 Å². The van der Waals surface area contributed by atoms with E-state index in [0.717, 1.165) is 47.0 Å². The summed E-state index contributed by atoms with van der Waals surface area (Å²) in [6.45, 7) is 7.09. The standard InChI is InChI=1S/C18H25N5O3S.C3H8O/c1-4-23-15(11-26-2)22-16-17(23)13-8-7-12(10-14(13)21-18(16)19)6-5-9-20-27(3,24)25;1-3(2)4/h7-8,10,20H,4-6,9,11H2,1-3H3,(H2,19,21);3-4H,1-2H3. The van der Waals surface area contributed by atoms with Crippen LogP contribution in [0.5, 0.6) is 0 Å². The highest BCUT2D eigenvalue weighted by molar-refractivity contribution is 7.88. The third kappa shape index (κ3) is 6.86. The fraction of sp³-hybridized carbons (Fsp3) is 0.524. The molecular weight excluding hydrogens is 418 g/mol. The van der Waals surface area contributed by atoms with Crippen molar-refractivity contribution in [2.45, 2.75) is 52.9 Å². The fourth-order valence-electron chi connectivity index (χ4n) is 3.29. The number of hydrogen-bond donors (Lipinski definition) is 3. The Morgan fingerprint density at radius 3 is 2.55 bits per heavy atom. The number of rotatable bonds is 8. The lowest BCUT2D eigenvalue weighted by Crippen LogP contribution is -2.23. The smallest absolute Gasteiger partial charge is 0.208 e. The Bertz CT molecular complexity index is 1120. The van der Waals surface area contributed by atoms with Crippen molar-refractivity contribution in [2.24, 2.45) is 0 Å². The van der Waals surface area contributed by atoms with Crippen LogP contribution in [-0.4, -0.2) is 54.1 Å². The molecule has 3 rings (SSSR count). The van der Waals surface area contributed by atoms with Gasteiger partial charge in [-0.2, -0.15) is 0 Å². The van der Waals surface area contributed by atoms with Crippen molar-refractivity contribution in [3.05, 3.63) is 29.6 Å². The summed E-state index contributed by atoms with van der Waals surface area (Å²) in [6, 6.07) is 6.09. The number of nitrogens with one attached hydrogen (secondary N) is 1. The van der Waals surface area contributed by atoms with E-state index >= 15 is 0 Å². The lowest BCUT2D eigenvalue weighted by Gasteiger charge is -2.09. The molecule has 3 aromatic rings. The van der Waals surface area contributed by atoms with E-state index in [2.05, 4.69) is 26.2 Å². The minimum atomic E-state index is -3.15. The number of ether oxygens (including phenoxy) is 1. The minimum Gasteiger partial charge on any atom is -0.394 e. The SMILES string of the molecule is CC(C)O.CCn1c(COC)nc2c(N)nc3cc(CCCNS(C)(=O)=O)ccc3c21. The molecule has 0 aliphatic carbocycles. The van der Waals surface area contributed by atoms with Gasteiger partial charge in [0.05, 0.1) is 17.3 Å². The summed E-state index contributed by atoms with van der Waals surface area (Å²) >= 11 is 0. The van der Waals surface area contributed by atoms with Crippen molar-refractivity contribution >= 4 is 37.8 Å². The average molecular weight is 452 g/mol. The normalized spacial score (nSPS) is 11.8. The van der Waals surface area contributed by atoms with Gasteiger partial charge in [0.25, 0.3) is 0 Å². The molecule has 0 spiro atoms. The molecule has 0 aliphatic heterocycles. The van der Waals surface area contributed by atoms with Gasteiger partial charge in [-0.15, -0.1) is 0 Å². The molecule has 31 heavy (non-hydrogen) atoms. The number of aromatic nitrogens is 3. The summed E-state index contributed by atoms with van der Waals surface area (Å²) in [5.41, 5.74) is 9.74. The number of methoxy groups -OCH3 is 1. The van der Waals surface area contributed by atoms with E-state index < -0.39 is 10.0 Å². The van der Waals surface area contributed by atoms with Crippen LogP contribution in [0.2, 0.25) is 0 Å². The van der Waals surface area contributed by atoms with Crippen LogP contribution in [0, 0.1) is 0 Å². The van der Waals surface area contributed by atoms with Crippen LogP contribution in [-0.2, 0) is 34.3 Å². The first-order chi connectivity index (χ1) is 14.6. The Balaban J connectivity index is 0.000000785. The molecule has 0 bridgehead atoms. The molecule has 0 saturated heterocycles. The number of pyridine rings is 1. The predicted octanol–water partition coefficient (Wildman–Crippen LogP) is 2.20. The molecule has 0 aliphatic rings. The van der Waals surface area contributed by atoms with E-state index in [9.17, 15) is 8.42 Å². The molecule has 1 aromatic carbocycles. The van der Waals surface area contributed by atoms with Crippen molar-refractivity contribution in [3.63, 3.8) is 0 Å². The fourth-order valence-corrected chi connectivity index (χ4v) is 3.80. The third-order valence-electron chi connectivity index (χ3n) is 4.44. The van der Waals surface area contributed by atoms with Gasteiger partial charge in [-0.3, -0.25) is 0 Å². The van der Waals surface area contributed by atoms with Gasteiger partial charge in [0, 0.05) is 31.7 Å². The third-order valence-corrected chi connectivity index (χ3v) is 5.17. The minimum absolute atomic E-state index is 0.167. The zero-order chi connectivity index (χ0) is 23.2.